The van der Waals surface area contributed by atoms with E-state index in [1.54, 1.807) is 6.07 Å². The Morgan fingerprint density at radius 1 is 1.24 bits per heavy atom. The molecule has 0 heterocycles. The van der Waals surface area contributed by atoms with Gasteiger partial charge in [0.1, 0.15) is 5.82 Å². The van der Waals surface area contributed by atoms with E-state index in [2.05, 4.69) is 28.2 Å². The number of halogens is 3. The fourth-order valence-electron chi connectivity index (χ4n) is 2.30. The predicted octanol–water partition coefficient (Wildman–Crippen LogP) is 5.64. The third-order valence-electron chi connectivity index (χ3n) is 3.35. The first-order chi connectivity index (χ1) is 10.0. The van der Waals surface area contributed by atoms with Gasteiger partial charge in [0.2, 0.25) is 0 Å². The van der Waals surface area contributed by atoms with Crippen LogP contribution in [0.4, 0.5) is 4.39 Å². The molecular weight excluding hydrogens is 353 g/mol. The van der Waals surface area contributed by atoms with Crippen molar-refractivity contribution >= 4 is 27.5 Å². The molecule has 1 unspecified atom stereocenters. The first-order valence-corrected chi connectivity index (χ1v) is 8.15. The highest BCUT2D eigenvalue weighted by atomic mass is 79.9. The van der Waals surface area contributed by atoms with E-state index in [-0.39, 0.29) is 11.9 Å². The predicted molar refractivity (Wildman–Crippen MR) is 90.4 cm³/mol. The van der Waals surface area contributed by atoms with Gasteiger partial charge in [-0.2, -0.15) is 0 Å². The monoisotopic (exact) mass is 369 g/mol. The Morgan fingerprint density at radius 3 is 2.71 bits per heavy atom. The lowest BCUT2D eigenvalue weighted by atomic mass is 9.96. The molecule has 0 saturated heterocycles. The Kier molecular flexibility index (Phi) is 5.80. The van der Waals surface area contributed by atoms with Crippen LogP contribution in [-0.2, 0) is 0 Å². The molecule has 0 bridgehead atoms. The molecule has 4 heteroatoms. The van der Waals surface area contributed by atoms with Crippen LogP contribution in [0.25, 0.3) is 0 Å². The zero-order valence-corrected chi connectivity index (χ0v) is 14.4. The van der Waals surface area contributed by atoms with Crippen molar-refractivity contribution in [2.75, 3.05) is 6.54 Å². The molecule has 0 aliphatic rings. The summed E-state index contributed by atoms with van der Waals surface area (Å²) in [5, 5.41) is 4.01. The van der Waals surface area contributed by atoms with E-state index in [0.29, 0.717) is 10.6 Å². The summed E-state index contributed by atoms with van der Waals surface area (Å²) >= 11 is 9.83. The summed E-state index contributed by atoms with van der Waals surface area (Å²) in [4.78, 5) is 0. The normalized spacial score (nSPS) is 12.4. The lowest BCUT2D eigenvalue weighted by Crippen LogP contribution is -2.24. The van der Waals surface area contributed by atoms with Crippen LogP contribution in [0, 0.1) is 12.7 Å². The van der Waals surface area contributed by atoms with Gasteiger partial charge in [-0.25, -0.2) is 4.39 Å². The van der Waals surface area contributed by atoms with Gasteiger partial charge in [0.05, 0.1) is 11.1 Å². The molecule has 1 atom stereocenters. The van der Waals surface area contributed by atoms with Crippen molar-refractivity contribution in [1.82, 2.24) is 5.32 Å². The van der Waals surface area contributed by atoms with E-state index in [4.69, 9.17) is 11.6 Å². The van der Waals surface area contributed by atoms with Gasteiger partial charge in [-0.3, -0.25) is 0 Å². The molecule has 0 amide bonds. The van der Waals surface area contributed by atoms with Crippen molar-refractivity contribution in [3.8, 4) is 0 Å². The molecule has 0 aliphatic carbocycles. The summed E-state index contributed by atoms with van der Waals surface area (Å²) in [7, 11) is 0. The number of nitrogens with one attached hydrogen (secondary N) is 1. The summed E-state index contributed by atoms with van der Waals surface area (Å²) in [6.45, 7) is 4.84. The van der Waals surface area contributed by atoms with Crippen molar-refractivity contribution in [3.63, 3.8) is 0 Å². The average molecular weight is 371 g/mol. The van der Waals surface area contributed by atoms with Crippen LogP contribution in [0.2, 0.25) is 5.02 Å². The first kappa shape index (κ1) is 16.5. The van der Waals surface area contributed by atoms with Gasteiger partial charge in [-0.05, 0) is 53.5 Å². The molecule has 0 saturated carbocycles. The number of rotatable bonds is 5. The minimum absolute atomic E-state index is 0.217. The van der Waals surface area contributed by atoms with Gasteiger partial charge >= 0.3 is 0 Å². The molecule has 112 valence electrons. The molecule has 2 aromatic rings. The molecule has 0 fully saturated rings. The number of aryl methyl sites for hydroxylation is 1. The second-order valence-electron chi connectivity index (χ2n) is 5.06. The minimum Gasteiger partial charge on any atom is -0.306 e. The van der Waals surface area contributed by atoms with Gasteiger partial charge in [-0.1, -0.05) is 48.4 Å². The molecule has 2 aromatic carbocycles. The maximum Gasteiger partial charge on any atom is 0.128 e. The smallest absolute Gasteiger partial charge is 0.128 e. The van der Waals surface area contributed by atoms with E-state index in [1.165, 1.54) is 6.07 Å². The third-order valence-corrected chi connectivity index (χ3v) is 4.66. The molecule has 0 radical (unpaired) electrons. The molecule has 21 heavy (non-hydrogen) atoms. The van der Waals surface area contributed by atoms with Crippen molar-refractivity contribution in [2.45, 2.75) is 26.3 Å². The largest absolute Gasteiger partial charge is 0.306 e. The first-order valence-electron chi connectivity index (χ1n) is 6.98. The van der Waals surface area contributed by atoms with Gasteiger partial charge in [0.15, 0.2) is 0 Å². The van der Waals surface area contributed by atoms with Crippen LogP contribution in [0.5, 0.6) is 0 Å². The maximum absolute atomic E-state index is 14.3. The Balaban J connectivity index is 2.52. The quantitative estimate of drug-likeness (QED) is 0.718. The number of hydrogen-bond donors (Lipinski definition) is 1. The standard InChI is InChI=1S/C17H18BrClFN/c1-3-9-21-17(12-5-4-6-14(18)16(12)19)13-10-11(2)7-8-15(13)20/h4-8,10,17,21H,3,9H2,1-2H3. The summed E-state index contributed by atoms with van der Waals surface area (Å²) < 4.78 is 15.1. The highest BCUT2D eigenvalue weighted by Gasteiger charge is 2.20. The van der Waals surface area contributed by atoms with Crippen LogP contribution in [0.15, 0.2) is 40.9 Å². The fourth-order valence-corrected chi connectivity index (χ4v) is 2.92. The summed E-state index contributed by atoms with van der Waals surface area (Å²) in [6, 6.07) is 10.6. The van der Waals surface area contributed by atoms with Crippen molar-refractivity contribution < 1.29 is 4.39 Å². The Hall–Kier alpha value is -0.900. The van der Waals surface area contributed by atoms with Crippen LogP contribution < -0.4 is 5.32 Å². The molecular formula is C17H18BrClFN. The Labute approximate surface area is 138 Å². The van der Waals surface area contributed by atoms with Gasteiger partial charge in [-0.15, -0.1) is 0 Å². The van der Waals surface area contributed by atoms with Crippen LogP contribution in [-0.4, -0.2) is 6.54 Å². The topological polar surface area (TPSA) is 12.0 Å². The number of hydrogen-bond acceptors (Lipinski definition) is 1. The Bertz CT molecular complexity index is 628. The van der Waals surface area contributed by atoms with E-state index in [9.17, 15) is 4.39 Å². The van der Waals surface area contributed by atoms with Crippen LogP contribution in [0.3, 0.4) is 0 Å². The molecule has 0 aliphatic heterocycles. The highest BCUT2D eigenvalue weighted by Crippen LogP contribution is 2.34. The zero-order valence-electron chi connectivity index (χ0n) is 12.1. The Morgan fingerprint density at radius 2 is 2.00 bits per heavy atom. The van der Waals surface area contributed by atoms with Crippen molar-refractivity contribution in [2.24, 2.45) is 0 Å². The van der Waals surface area contributed by atoms with Crippen molar-refractivity contribution in [1.29, 1.82) is 0 Å². The second kappa shape index (κ2) is 7.39. The minimum atomic E-state index is -0.255. The van der Waals surface area contributed by atoms with E-state index >= 15 is 0 Å². The molecule has 0 aromatic heterocycles. The summed E-state index contributed by atoms with van der Waals surface area (Å²) in [5.41, 5.74) is 2.54. The molecule has 1 N–H and O–H groups in total. The molecule has 0 spiro atoms. The van der Waals surface area contributed by atoms with Crippen molar-refractivity contribution in [3.05, 3.63) is 68.4 Å². The average Bonchev–Trinajstić information content (AvgIpc) is 2.47. The summed E-state index contributed by atoms with van der Waals surface area (Å²) in [5.74, 6) is -0.217. The molecule has 2 rings (SSSR count). The van der Waals surface area contributed by atoms with E-state index in [1.807, 2.05) is 31.2 Å². The zero-order chi connectivity index (χ0) is 15.4. The second-order valence-corrected chi connectivity index (χ2v) is 6.29. The van der Waals surface area contributed by atoms with Gasteiger partial charge < -0.3 is 5.32 Å². The lowest BCUT2D eigenvalue weighted by Gasteiger charge is -2.22. The third kappa shape index (κ3) is 3.85. The van der Waals surface area contributed by atoms with E-state index in [0.717, 1.165) is 28.6 Å². The maximum atomic E-state index is 14.3. The lowest BCUT2D eigenvalue weighted by molar-refractivity contribution is 0.546. The van der Waals surface area contributed by atoms with Gasteiger partial charge in [0, 0.05) is 10.0 Å². The van der Waals surface area contributed by atoms with Crippen LogP contribution >= 0.6 is 27.5 Å². The summed E-state index contributed by atoms with van der Waals surface area (Å²) in [6.07, 6.45) is 0.968. The SMILES string of the molecule is CCCNC(c1cc(C)ccc1F)c1cccc(Br)c1Cl. The molecule has 1 nitrogen and oxygen atoms in total. The fraction of sp³-hybridized carbons (Fsp3) is 0.294. The highest BCUT2D eigenvalue weighted by molar-refractivity contribution is 9.10. The van der Waals surface area contributed by atoms with Crippen LogP contribution in [0.1, 0.15) is 36.1 Å². The van der Waals surface area contributed by atoms with Gasteiger partial charge in [0.25, 0.3) is 0 Å². The number of benzene rings is 2. The van der Waals surface area contributed by atoms with E-state index < -0.39 is 0 Å².